The number of aromatic nitrogens is 1. The van der Waals surface area contributed by atoms with E-state index in [9.17, 15) is 24.2 Å². The van der Waals surface area contributed by atoms with E-state index < -0.39 is 22.8 Å². The molecule has 2 N–H and O–H groups in total. The maximum atomic E-state index is 14.9. The minimum atomic E-state index is -1.37. The van der Waals surface area contributed by atoms with Crippen LogP contribution in [0.1, 0.15) is 28.8 Å². The van der Waals surface area contributed by atoms with Crippen LogP contribution in [0.2, 0.25) is 0 Å². The largest absolute Gasteiger partial charge is 0.477 e. The molecular formula is C17H18FN3O4. The van der Waals surface area contributed by atoms with Crippen molar-refractivity contribution < 1.29 is 19.4 Å². The van der Waals surface area contributed by atoms with Crippen LogP contribution < -0.4 is 15.3 Å². The van der Waals surface area contributed by atoms with Gasteiger partial charge in [-0.3, -0.25) is 14.5 Å². The van der Waals surface area contributed by atoms with Crippen molar-refractivity contribution in [3.8, 4) is 0 Å². The topological polar surface area (TPSA) is 86.0 Å². The third kappa shape index (κ3) is 2.28. The molecule has 0 atom stereocenters. The molecule has 0 spiro atoms. The number of halogens is 1. The number of hydrogen-bond donors (Lipinski definition) is 2. The number of nitrogens with zero attached hydrogens (tertiary/aromatic N) is 3. The van der Waals surface area contributed by atoms with Crippen molar-refractivity contribution in [3.63, 3.8) is 0 Å². The van der Waals surface area contributed by atoms with Gasteiger partial charge in [-0.2, -0.15) is 0 Å². The second kappa shape index (κ2) is 5.73. The van der Waals surface area contributed by atoms with E-state index >= 15 is 0 Å². The van der Waals surface area contributed by atoms with Crippen LogP contribution in [0, 0.1) is 5.82 Å². The summed E-state index contributed by atoms with van der Waals surface area (Å²) >= 11 is 0. The van der Waals surface area contributed by atoms with Gasteiger partial charge in [0.1, 0.15) is 18.1 Å². The second-order valence-corrected chi connectivity index (χ2v) is 6.42. The van der Waals surface area contributed by atoms with Gasteiger partial charge in [-0.15, -0.1) is 0 Å². The summed E-state index contributed by atoms with van der Waals surface area (Å²) in [4.78, 5) is 25.9. The Kier molecular flexibility index (Phi) is 3.64. The molecule has 25 heavy (non-hydrogen) atoms. The Bertz CT molecular complexity index is 934. The normalized spacial score (nSPS) is 16.7. The fraction of sp³-hybridized carbons (Fsp3) is 0.412. The lowest BCUT2D eigenvalue weighted by Crippen LogP contribution is -2.42. The molecular weight excluding hydrogens is 329 g/mol. The molecule has 1 aromatic heterocycles. The molecule has 0 bridgehead atoms. The lowest BCUT2D eigenvalue weighted by molar-refractivity contribution is 0.0694. The van der Waals surface area contributed by atoms with Crippen LogP contribution in [0.25, 0.3) is 10.9 Å². The van der Waals surface area contributed by atoms with E-state index in [1.165, 1.54) is 15.9 Å². The maximum absolute atomic E-state index is 14.9. The lowest BCUT2D eigenvalue weighted by atomic mass is 9.99. The Morgan fingerprint density at radius 1 is 1.24 bits per heavy atom. The van der Waals surface area contributed by atoms with Crippen molar-refractivity contribution in [1.82, 2.24) is 4.68 Å². The number of aliphatic hydroxyl groups is 1. The molecule has 0 amide bonds. The van der Waals surface area contributed by atoms with E-state index in [1.54, 1.807) is 0 Å². The first kappa shape index (κ1) is 15.9. The summed E-state index contributed by atoms with van der Waals surface area (Å²) in [5, 5.41) is 20.5. The van der Waals surface area contributed by atoms with Crippen molar-refractivity contribution in [2.45, 2.75) is 19.3 Å². The maximum Gasteiger partial charge on any atom is 0.341 e. The second-order valence-electron chi connectivity index (χ2n) is 6.42. The molecule has 132 valence electrons. The monoisotopic (exact) mass is 347 g/mol. The third-order valence-corrected chi connectivity index (χ3v) is 5.03. The fourth-order valence-electron chi connectivity index (χ4n) is 3.89. The van der Waals surface area contributed by atoms with Crippen LogP contribution in [0.3, 0.4) is 0 Å². The molecule has 7 nitrogen and oxygen atoms in total. The lowest BCUT2D eigenvalue weighted by Gasteiger charge is -2.34. The van der Waals surface area contributed by atoms with Crippen molar-refractivity contribution in [1.29, 1.82) is 0 Å². The quantitative estimate of drug-likeness (QED) is 0.857. The smallest absolute Gasteiger partial charge is 0.341 e. The van der Waals surface area contributed by atoms with Gasteiger partial charge in [0.2, 0.25) is 5.43 Å². The summed E-state index contributed by atoms with van der Waals surface area (Å²) in [6, 6.07) is 1.14. The van der Waals surface area contributed by atoms with Crippen LogP contribution in [0.4, 0.5) is 10.1 Å². The molecule has 2 aliphatic rings. The first-order valence-corrected chi connectivity index (χ1v) is 8.28. The molecule has 0 saturated carbocycles. The standard InChI is InChI=1S/C17H18FN3O4/c18-13-7-11-14-10(15(13)19-4-1-2-5-19)3-6-20(9-22)21(14)8-12(16(11)23)17(24)25/h7-8,22H,1-6,9H2,(H,24,25). The van der Waals surface area contributed by atoms with Gasteiger partial charge >= 0.3 is 5.97 Å². The van der Waals surface area contributed by atoms with Crippen molar-refractivity contribution in [3.05, 3.63) is 39.4 Å². The van der Waals surface area contributed by atoms with Crippen LogP contribution in [0.5, 0.6) is 0 Å². The Balaban J connectivity index is 2.10. The molecule has 4 rings (SSSR count). The Labute approximate surface area is 142 Å². The van der Waals surface area contributed by atoms with Crippen LogP contribution in [0.15, 0.2) is 17.1 Å². The molecule has 3 heterocycles. The number of anilines is 1. The number of aliphatic hydroxyl groups excluding tert-OH is 1. The number of carboxylic acids is 1. The Morgan fingerprint density at radius 3 is 2.60 bits per heavy atom. The van der Waals surface area contributed by atoms with Crippen molar-refractivity contribution in [2.24, 2.45) is 0 Å². The average Bonchev–Trinajstić information content (AvgIpc) is 3.11. The number of aromatic carboxylic acids is 1. The molecule has 0 aliphatic carbocycles. The molecule has 1 fully saturated rings. The Hall–Kier alpha value is -2.61. The third-order valence-electron chi connectivity index (χ3n) is 5.03. The average molecular weight is 347 g/mol. The summed E-state index contributed by atoms with van der Waals surface area (Å²) < 4.78 is 16.4. The number of hydrogen-bond acceptors (Lipinski definition) is 5. The predicted molar refractivity (Wildman–Crippen MR) is 90.4 cm³/mol. The summed E-state index contributed by atoms with van der Waals surface area (Å²) in [5.41, 5.74) is 0.548. The van der Waals surface area contributed by atoms with Gasteiger partial charge in [-0.05, 0) is 25.3 Å². The molecule has 1 saturated heterocycles. The summed E-state index contributed by atoms with van der Waals surface area (Å²) in [7, 11) is 0. The highest BCUT2D eigenvalue weighted by atomic mass is 19.1. The van der Waals surface area contributed by atoms with Gasteiger partial charge in [0, 0.05) is 31.4 Å². The minimum Gasteiger partial charge on any atom is -0.477 e. The zero-order valence-corrected chi connectivity index (χ0v) is 13.5. The Morgan fingerprint density at radius 2 is 1.96 bits per heavy atom. The number of carbonyl (C=O) groups is 1. The molecule has 0 radical (unpaired) electrons. The van der Waals surface area contributed by atoms with Gasteiger partial charge < -0.3 is 15.1 Å². The number of rotatable bonds is 3. The van der Waals surface area contributed by atoms with Crippen molar-refractivity contribution in [2.75, 3.05) is 36.3 Å². The van der Waals surface area contributed by atoms with Gasteiger partial charge in [0.25, 0.3) is 0 Å². The molecule has 0 unspecified atom stereocenters. The highest BCUT2D eigenvalue weighted by Gasteiger charge is 2.29. The molecule has 2 aromatic rings. The first-order chi connectivity index (χ1) is 12.0. The highest BCUT2D eigenvalue weighted by Crippen LogP contribution is 2.35. The number of benzene rings is 1. The molecule has 8 heteroatoms. The van der Waals surface area contributed by atoms with Gasteiger partial charge in [-0.1, -0.05) is 0 Å². The molecule has 1 aromatic carbocycles. The number of pyridine rings is 1. The zero-order chi connectivity index (χ0) is 17.7. The predicted octanol–water partition coefficient (Wildman–Crippen LogP) is 0.883. The van der Waals surface area contributed by atoms with E-state index in [0.29, 0.717) is 29.7 Å². The summed E-state index contributed by atoms with van der Waals surface area (Å²) in [5.74, 6) is -1.86. The SMILES string of the molecule is O=C(O)c1cn2c3c(c(N4CCCC4)c(F)cc3c1=O)CCN2CO. The summed E-state index contributed by atoms with van der Waals surface area (Å²) in [6.45, 7) is 1.60. The van der Waals surface area contributed by atoms with Crippen LogP contribution >= 0.6 is 0 Å². The van der Waals surface area contributed by atoms with E-state index in [0.717, 1.165) is 32.0 Å². The molecule has 2 aliphatic heterocycles. The van der Waals surface area contributed by atoms with Gasteiger partial charge in [0.05, 0.1) is 16.6 Å². The van der Waals surface area contributed by atoms with Crippen LogP contribution in [-0.4, -0.2) is 47.2 Å². The van der Waals surface area contributed by atoms with E-state index in [2.05, 4.69) is 0 Å². The highest BCUT2D eigenvalue weighted by molar-refractivity contribution is 5.95. The minimum absolute atomic E-state index is 0.0356. The zero-order valence-electron chi connectivity index (χ0n) is 13.5. The van der Waals surface area contributed by atoms with E-state index in [4.69, 9.17) is 0 Å². The van der Waals surface area contributed by atoms with Crippen molar-refractivity contribution >= 4 is 22.6 Å². The number of carboxylic acid groups (broad SMARTS) is 1. The van der Waals surface area contributed by atoms with Gasteiger partial charge in [-0.25, -0.2) is 9.18 Å². The fourth-order valence-corrected chi connectivity index (χ4v) is 3.89. The summed E-state index contributed by atoms with van der Waals surface area (Å²) in [6.07, 6.45) is 3.68. The van der Waals surface area contributed by atoms with Crippen LogP contribution in [-0.2, 0) is 6.42 Å². The van der Waals surface area contributed by atoms with E-state index in [1.807, 2.05) is 4.90 Å². The van der Waals surface area contributed by atoms with Gasteiger partial charge in [0.15, 0.2) is 0 Å². The van der Waals surface area contributed by atoms with E-state index in [-0.39, 0.29) is 12.1 Å². The first-order valence-electron chi connectivity index (χ1n) is 8.28.